The van der Waals surface area contributed by atoms with E-state index in [9.17, 15) is 5.21 Å². The minimum Gasteiger partial charge on any atom is -0.289 e. The average molecular weight is 265 g/mol. The van der Waals surface area contributed by atoms with Crippen LogP contribution in [0, 0.1) is 0 Å². The van der Waals surface area contributed by atoms with Gasteiger partial charge in [0.25, 0.3) is 0 Å². The molecule has 0 unspecified atom stereocenters. The summed E-state index contributed by atoms with van der Waals surface area (Å²) in [6.45, 7) is 0.639. The molecule has 1 aromatic rings. The summed E-state index contributed by atoms with van der Waals surface area (Å²) in [6, 6.07) is 6.06. The SMILES string of the molecule is ON1C=C2N=c3ccc(Br)cc3=C2CC1. The quantitative estimate of drug-likeness (QED) is 0.764. The largest absolute Gasteiger partial charge is 0.289 e. The molecule has 0 aromatic heterocycles. The summed E-state index contributed by atoms with van der Waals surface area (Å²) >= 11 is 3.46. The molecule has 2 heterocycles. The highest BCUT2D eigenvalue weighted by molar-refractivity contribution is 9.10. The van der Waals surface area contributed by atoms with Crippen molar-refractivity contribution < 1.29 is 5.21 Å². The van der Waals surface area contributed by atoms with Crippen LogP contribution < -0.4 is 10.6 Å². The van der Waals surface area contributed by atoms with Crippen LogP contribution in [0.15, 0.2) is 39.6 Å². The maximum absolute atomic E-state index is 9.36. The van der Waals surface area contributed by atoms with E-state index < -0.39 is 0 Å². The molecule has 76 valence electrons. The van der Waals surface area contributed by atoms with Gasteiger partial charge < -0.3 is 0 Å². The molecule has 2 aliphatic heterocycles. The van der Waals surface area contributed by atoms with E-state index in [1.54, 1.807) is 6.20 Å². The third-order valence-electron chi connectivity index (χ3n) is 2.70. The third-order valence-corrected chi connectivity index (χ3v) is 3.19. The zero-order chi connectivity index (χ0) is 10.4. The fourth-order valence-corrected chi connectivity index (χ4v) is 2.35. The molecule has 1 N–H and O–H groups in total. The molecule has 4 heteroatoms. The highest BCUT2D eigenvalue weighted by atomic mass is 79.9. The number of rotatable bonds is 0. The Bertz CT molecular complexity index is 577. The molecule has 0 spiro atoms. The fourth-order valence-electron chi connectivity index (χ4n) is 1.98. The van der Waals surface area contributed by atoms with E-state index in [0.717, 1.165) is 21.9 Å². The fraction of sp³-hybridized carbons (Fsp3) is 0.182. The van der Waals surface area contributed by atoms with Gasteiger partial charge in [-0.2, -0.15) is 0 Å². The monoisotopic (exact) mass is 264 g/mol. The lowest BCUT2D eigenvalue weighted by molar-refractivity contribution is -0.0414. The summed E-state index contributed by atoms with van der Waals surface area (Å²) in [5, 5.41) is 12.7. The minimum absolute atomic E-state index is 0.639. The van der Waals surface area contributed by atoms with Crippen LogP contribution in [0.25, 0.3) is 5.57 Å². The molecule has 3 nitrogen and oxygen atoms in total. The highest BCUT2D eigenvalue weighted by Crippen LogP contribution is 2.23. The first-order chi connectivity index (χ1) is 7.24. The molecule has 0 amide bonds. The number of halogens is 1. The summed E-state index contributed by atoms with van der Waals surface area (Å²) in [6.07, 6.45) is 2.53. The summed E-state index contributed by atoms with van der Waals surface area (Å²) in [4.78, 5) is 4.47. The molecule has 0 bridgehead atoms. The normalized spacial score (nSPS) is 18.1. The second kappa shape index (κ2) is 3.18. The molecular weight excluding hydrogens is 256 g/mol. The van der Waals surface area contributed by atoms with Crippen molar-refractivity contribution in [3.63, 3.8) is 0 Å². The summed E-state index contributed by atoms with van der Waals surface area (Å²) in [7, 11) is 0. The molecule has 0 fully saturated rings. The first kappa shape index (κ1) is 9.12. The van der Waals surface area contributed by atoms with Gasteiger partial charge in [-0.05, 0) is 30.2 Å². The number of hydroxylamine groups is 2. The zero-order valence-electron chi connectivity index (χ0n) is 7.94. The minimum atomic E-state index is 0.639. The Balaban J connectivity index is 2.34. The van der Waals surface area contributed by atoms with Gasteiger partial charge in [0, 0.05) is 16.2 Å². The van der Waals surface area contributed by atoms with Crippen LogP contribution in [0.2, 0.25) is 0 Å². The van der Waals surface area contributed by atoms with Crippen molar-refractivity contribution in [3.8, 4) is 0 Å². The molecule has 0 radical (unpaired) electrons. The van der Waals surface area contributed by atoms with Gasteiger partial charge in [0.2, 0.25) is 0 Å². The van der Waals surface area contributed by atoms with Crippen molar-refractivity contribution in [1.82, 2.24) is 5.06 Å². The first-order valence-electron chi connectivity index (χ1n) is 4.79. The lowest BCUT2D eigenvalue weighted by Crippen LogP contribution is -2.25. The Morgan fingerprint density at radius 3 is 3.13 bits per heavy atom. The lowest BCUT2D eigenvalue weighted by atomic mass is 10.1. The number of fused-ring (bicyclic) bond motifs is 2. The summed E-state index contributed by atoms with van der Waals surface area (Å²) in [5.74, 6) is 0. The van der Waals surface area contributed by atoms with Gasteiger partial charge in [0.1, 0.15) is 0 Å². The van der Waals surface area contributed by atoms with Gasteiger partial charge in [-0.15, -0.1) is 0 Å². The van der Waals surface area contributed by atoms with E-state index in [1.165, 1.54) is 15.9 Å². The predicted octanol–water partition coefficient (Wildman–Crippen LogP) is 1.17. The van der Waals surface area contributed by atoms with Gasteiger partial charge in [0.15, 0.2) is 0 Å². The summed E-state index contributed by atoms with van der Waals surface area (Å²) in [5.41, 5.74) is 2.12. The van der Waals surface area contributed by atoms with Gasteiger partial charge in [-0.1, -0.05) is 15.9 Å². The Morgan fingerprint density at radius 2 is 2.27 bits per heavy atom. The Morgan fingerprint density at radius 1 is 1.40 bits per heavy atom. The number of hydrogen-bond acceptors (Lipinski definition) is 3. The van der Waals surface area contributed by atoms with Crippen molar-refractivity contribution in [3.05, 3.63) is 45.1 Å². The van der Waals surface area contributed by atoms with E-state index in [4.69, 9.17) is 0 Å². The summed E-state index contributed by atoms with van der Waals surface area (Å²) < 4.78 is 1.07. The maximum atomic E-state index is 9.36. The Kier molecular flexibility index (Phi) is 1.94. The van der Waals surface area contributed by atoms with E-state index in [-0.39, 0.29) is 0 Å². The first-order valence-corrected chi connectivity index (χ1v) is 5.58. The number of hydrogen-bond donors (Lipinski definition) is 1. The number of nitrogens with zero attached hydrogens (tertiary/aromatic N) is 2. The van der Waals surface area contributed by atoms with Crippen molar-refractivity contribution in [1.29, 1.82) is 0 Å². The molecule has 1 aromatic carbocycles. The van der Waals surface area contributed by atoms with Crippen LogP contribution in [0.1, 0.15) is 6.42 Å². The standard InChI is InChI=1S/C11H9BrN2O/c12-7-1-2-10-9(5-7)8-3-4-14(15)6-11(8)13-10/h1-2,5-6,15H,3-4H2. The van der Waals surface area contributed by atoms with Gasteiger partial charge in [0.05, 0.1) is 17.3 Å². The van der Waals surface area contributed by atoms with Gasteiger partial charge >= 0.3 is 0 Å². The van der Waals surface area contributed by atoms with Crippen molar-refractivity contribution in [2.45, 2.75) is 6.42 Å². The molecule has 0 aliphatic carbocycles. The Hall–Kier alpha value is -1.13. The van der Waals surface area contributed by atoms with Crippen LogP contribution in [0.4, 0.5) is 0 Å². The van der Waals surface area contributed by atoms with Crippen LogP contribution in [-0.2, 0) is 0 Å². The molecule has 15 heavy (non-hydrogen) atoms. The van der Waals surface area contributed by atoms with E-state index in [1.807, 2.05) is 12.1 Å². The average Bonchev–Trinajstić information content (AvgIpc) is 2.54. The second-order valence-corrected chi connectivity index (χ2v) is 4.59. The lowest BCUT2D eigenvalue weighted by Gasteiger charge is -2.18. The van der Waals surface area contributed by atoms with E-state index in [0.29, 0.717) is 6.54 Å². The molecule has 2 aliphatic rings. The van der Waals surface area contributed by atoms with Crippen molar-refractivity contribution in [2.24, 2.45) is 4.99 Å². The van der Waals surface area contributed by atoms with E-state index in [2.05, 4.69) is 27.0 Å². The zero-order valence-corrected chi connectivity index (χ0v) is 9.53. The molecule has 0 atom stereocenters. The number of benzene rings is 1. The predicted molar refractivity (Wildman–Crippen MR) is 59.5 cm³/mol. The maximum Gasteiger partial charge on any atom is 0.0859 e. The molecule has 3 rings (SSSR count). The van der Waals surface area contributed by atoms with Crippen LogP contribution in [0.3, 0.4) is 0 Å². The Labute approximate surface area is 95.1 Å². The smallest absolute Gasteiger partial charge is 0.0859 e. The van der Waals surface area contributed by atoms with Gasteiger partial charge in [-0.25, -0.2) is 4.99 Å². The molecule has 0 saturated carbocycles. The van der Waals surface area contributed by atoms with Crippen LogP contribution in [0.5, 0.6) is 0 Å². The second-order valence-electron chi connectivity index (χ2n) is 3.68. The third kappa shape index (κ3) is 1.41. The van der Waals surface area contributed by atoms with Crippen LogP contribution >= 0.6 is 15.9 Å². The molecule has 0 saturated heterocycles. The highest BCUT2D eigenvalue weighted by Gasteiger charge is 2.18. The molecular formula is C11H9BrN2O. The van der Waals surface area contributed by atoms with Gasteiger partial charge in [-0.3, -0.25) is 10.3 Å². The van der Waals surface area contributed by atoms with Crippen molar-refractivity contribution in [2.75, 3.05) is 6.54 Å². The van der Waals surface area contributed by atoms with Crippen LogP contribution in [-0.4, -0.2) is 16.8 Å². The van der Waals surface area contributed by atoms with Crippen molar-refractivity contribution >= 4 is 21.5 Å². The number of allylic oxidation sites excluding steroid dienone is 1. The van der Waals surface area contributed by atoms with E-state index >= 15 is 0 Å². The topological polar surface area (TPSA) is 35.8 Å².